The van der Waals surface area contributed by atoms with E-state index in [4.69, 9.17) is 4.74 Å². The van der Waals surface area contributed by atoms with Gasteiger partial charge in [0.25, 0.3) is 0 Å². The van der Waals surface area contributed by atoms with Gasteiger partial charge in [-0.2, -0.15) is 22.8 Å². The zero-order valence-corrected chi connectivity index (χ0v) is 20.2. The van der Waals surface area contributed by atoms with Crippen molar-refractivity contribution in [1.82, 2.24) is 19.5 Å². The number of benzene rings is 1. The van der Waals surface area contributed by atoms with Crippen molar-refractivity contribution in [2.24, 2.45) is 0 Å². The minimum Gasteiger partial charge on any atom is -0.444 e. The van der Waals surface area contributed by atoms with Crippen LogP contribution >= 0.6 is 15.9 Å². The highest BCUT2D eigenvalue weighted by Gasteiger charge is 2.48. The number of nitrogens with one attached hydrogen (secondary N) is 1. The van der Waals surface area contributed by atoms with E-state index in [0.717, 1.165) is 11.6 Å². The second kappa shape index (κ2) is 8.40. The average Bonchev–Trinajstić information content (AvgIpc) is 3.06. The summed E-state index contributed by atoms with van der Waals surface area (Å²) in [4.78, 5) is 17.6. The van der Waals surface area contributed by atoms with Crippen molar-refractivity contribution in [3.05, 3.63) is 58.1 Å². The Morgan fingerprint density at radius 2 is 1.82 bits per heavy atom. The second-order valence-corrected chi connectivity index (χ2v) is 10.1. The fourth-order valence-corrected chi connectivity index (χ4v) is 4.18. The third-order valence-electron chi connectivity index (χ3n) is 5.39. The predicted octanol–water partition coefficient (Wildman–Crippen LogP) is 5.25. The van der Waals surface area contributed by atoms with Crippen LogP contribution in [0.4, 0.5) is 28.2 Å². The van der Waals surface area contributed by atoms with Crippen molar-refractivity contribution in [2.45, 2.75) is 38.0 Å². The number of ether oxygens (including phenoxy) is 1. The number of aromatic nitrogens is 3. The molecule has 1 aliphatic rings. The first-order valence-electron chi connectivity index (χ1n) is 10.4. The average molecular weight is 544 g/mol. The molecule has 0 unspecified atom stereocenters. The third kappa shape index (κ3) is 4.96. The highest BCUT2D eigenvalue weighted by atomic mass is 79.9. The van der Waals surface area contributed by atoms with Gasteiger partial charge in [-0.05, 0) is 54.4 Å². The lowest BCUT2D eigenvalue weighted by atomic mass is 9.73. The molecule has 0 aliphatic carbocycles. The Morgan fingerprint density at radius 3 is 2.41 bits per heavy atom. The van der Waals surface area contributed by atoms with E-state index < -0.39 is 34.8 Å². The van der Waals surface area contributed by atoms with Crippen molar-refractivity contribution in [2.75, 3.05) is 25.0 Å². The number of carbonyl (C=O) groups is 1. The number of amides is 1. The number of rotatable bonds is 4. The first-order valence-corrected chi connectivity index (χ1v) is 11.2. The van der Waals surface area contributed by atoms with Crippen molar-refractivity contribution in [1.29, 1.82) is 0 Å². The summed E-state index contributed by atoms with van der Waals surface area (Å²) in [6.45, 7) is 5.91. The predicted molar refractivity (Wildman–Crippen MR) is 120 cm³/mol. The summed E-state index contributed by atoms with van der Waals surface area (Å²) < 4.78 is 60.8. The van der Waals surface area contributed by atoms with E-state index in [0.29, 0.717) is 4.60 Å². The van der Waals surface area contributed by atoms with Crippen LogP contribution in [0, 0.1) is 5.82 Å². The second-order valence-electron chi connectivity index (χ2n) is 9.24. The van der Waals surface area contributed by atoms with Gasteiger partial charge in [0.05, 0.1) is 0 Å². The van der Waals surface area contributed by atoms with E-state index in [1.54, 1.807) is 32.9 Å². The van der Waals surface area contributed by atoms with Crippen LogP contribution in [0.2, 0.25) is 0 Å². The molecule has 1 aliphatic heterocycles. The molecule has 1 N–H and O–H groups in total. The molecule has 3 heterocycles. The van der Waals surface area contributed by atoms with E-state index >= 15 is 0 Å². The van der Waals surface area contributed by atoms with E-state index in [2.05, 4.69) is 31.3 Å². The monoisotopic (exact) mass is 543 g/mol. The van der Waals surface area contributed by atoms with Crippen LogP contribution in [-0.2, 0) is 16.3 Å². The Bertz CT molecular complexity index is 1210. The van der Waals surface area contributed by atoms with E-state index in [1.165, 1.54) is 27.6 Å². The van der Waals surface area contributed by atoms with Gasteiger partial charge >= 0.3 is 12.3 Å². The van der Waals surface area contributed by atoms with Gasteiger partial charge in [-0.25, -0.2) is 14.2 Å². The Morgan fingerprint density at radius 1 is 1.18 bits per heavy atom. The molecule has 0 saturated carbocycles. The topological polar surface area (TPSA) is 71.8 Å². The maximum absolute atomic E-state index is 13.5. The lowest BCUT2D eigenvalue weighted by Gasteiger charge is -2.50. The molecule has 1 fully saturated rings. The number of hydrogen-bond donors (Lipinski definition) is 1. The number of likely N-dealkylation sites (tertiary alicyclic amines) is 1. The molecule has 1 amide bonds. The summed E-state index contributed by atoms with van der Waals surface area (Å²) in [6.07, 6.45) is -5.14. The van der Waals surface area contributed by atoms with E-state index in [1.807, 2.05) is 0 Å². The van der Waals surface area contributed by atoms with Gasteiger partial charge < -0.3 is 15.0 Å². The molecular weight excluding hydrogens is 522 g/mol. The van der Waals surface area contributed by atoms with Gasteiger partial charge in [0.15, 0.2) is 11.3 Å². The summed E-state index contributed by atoms with van der Waals surface area (Å²) in [5.41, 5.74) is -1.65. The quantitative estimate of drug-likeness (QED) is 0.455. The highest BCUT2D eigenvalue weighted by Crippen LogP contribution is 2.37. The maximum atomic E-state index is 13.5. The number of hydrogen-bond acceptors (Lipinski definition) is 5. The molecule has 0 radical (unpaired) electrons. The summed E-state index contributed by atoms with van der Waals surface area (Å²) in [6, 6.07) is 8.10. The van der Waals surface area contributed by atoms with Crippen LogP contribution < -0.4 is 5.32 Å². The molecule has 34 heavy (non-hydrogen) atoms. The summed E-state index contributed by atoms with van der Waals surface area (Å²) in [7, 11) is 0. The molecule has 1 aromatic carbocycles. The smallest absolute Gasteiger partial charge is 0.433 e. The number of nitrogens with zero attached hydrogens (tertiary/aromatic N) is 4. The van der Waals surface area contributed by atoms with Gasteiger partial charge in [0, 0.05) is 37.2 Å². The molecule has 0 atom stereocenters. The molecule has 7 nitrogen and oxygen atoms in total. The fourth-order valence-electron chi connectivity index (χ4n) is 3.82. The molecule has 3 aromatic rings. The molecule has 1 saturated heterocycles. The number of halogens is 5. The van der Waals surface area contributed by atoms with E-state index in [-0.39, 0.29) is 31.1 Å². The molecule has 182 valence electrons. The third-order valence-corrected chi connectivity index (χ3v) is 5.78. The van der Waals surface area contributed by atoms with Gasteiger partial charge in [0.1, 0.15) is 21.8 Å². The lowest BCUT2D eigenvalue weighted by molar-refractivity contribution is -0.141. The van der Waals surface area contributed by atoms with Gasteiger partial charge in [0.2, 0.25) is 0 Å². The van der Waals surface area contributed by atoms with Crippen LogP contribution in [0.1, 0.15) is 32.0 Å². The van der Waals surface area contributed by atoms with Crippen LogP contribution in [0.25, 0.3) is 5.65 Å². The molecular formula is C22H22BrF4N5O2. The van der Waals surface area contributed by atoms with Gasteiger partial charge in [-0.1, -0.05) is 12.1 Å². The van der Waals surface area contributed by atoms with Crippen molar-refractivity contribution < 1.29 is 27.1 Å². The summed E-state index contributed by atoms with van der Waals surface area (Å²) in [5.74, 6) is -0.331. The lowest BCUT2D eigenvalue weighted by Crippen LogP contribution is -2.64. The SMILES string of the molecule is CC(C)(C)OC(=O)N1CC(CNc2cc(C(F)(F)F)nc3cc(Br)nn23)(c2ccc(F)cc2)C1. The molecule has 0 spiro atoms. The van der Waals surface area contributed by atoms with Crippen LogP contribution in [0.3, 0.4) is 0 Å². The molecule has 0 bridgehead atoms. The first kappa shape index (κ1) is 24.2. The van der Waals surface area contributed by atoms with Gasteiger partial charge in [-0.3, -0.25) is 0 Å². The molecule has 12 heteroatoms. The number of anilines is 1. The Labute approximate surface area is 201 Å². The van der Waals surface area contributed by atoms with Gasteiger partial charge in [-0.15, -0.1) is 0 Å². The van der Waals surface area contributed by atoms with Crippen LogP contribution in [0.15, 0.2) is 41.0 Å². The van der Waals surface area contributed by atoms with Crippen molar-refractivity contribution in [3.63, 3.8) is 0 Å². The normalized spacial score (nSPS) is 15.8. The zero-order chi connectivity index (χ0) is 24.9. The number of carbonyl (C=O) groups excluding carboxylic acids is 1. The van der Waals surface area contributed by atoms with Crippen LogP contribution in [0.5, 0.6) is 0 Å². The van der Waals surface area contributed by atoms with E-state index in [9.17, 15) is 22.4 Å². The minimum absolute atomic E-state index is 0.0176. The maximum Gasteiger partial charge on any atom is 0.433 e. The summed E-state index contributed by atoms with van der Waals surface area (Å²) in [5, 5.41) is 7.20. The largest absolute Gasteiger partial charge is 0.444 e. The van der Waals surface area contributed by atoms with Crippen molar-refractivity contribution >= 4 is 33.5 Å². The Kier molecular flexibility index (Phi) is 5.99. The Balaban J connectivity index is 1.63. The zero-order valence-electron chi connectivity index (χ0n) is 18.6. The fraction of sp³-hybridized carbons (Fsp3) is 0.409. The highest BCUT2D eigenvalue weighted by molar-refractivity contribution is 9.10. The summed E-state index contributed by atoms with van der Waals surface area (Å²) >= 11 is 3.17. The number of fused-ring (bicyclic) bond motifs is 1. The molecule has 4 rings (SSSR count). The molecule has 2 aromatic heterocycles. The van der Waals surface area contributed by atoms with Crippen molar-refractivity contribution in [3.8, 4) is 0 Å². The Hall–Kier alpha value is -2.89. The first-order chi connectivity index (χ1) is 15.8. The minimum atomic E-state index is -4.65. The van der Waals surface area contributed by atoms with Crippen LogP contribution in [-0.4, -0.2) is 50.8 Å². The standard InChI is InChI=1S/C22H22BrF4N5O2/c1-20(2,3)34-19(33)31-11-21(12-31,13-4-6-14(24)7-5-13)10-28-17-8-15(22(25,26)27)29-18-9-16(23)30-32(17)18/h4-9,28H,10-12H2,1-3H3. The number of alkyl halides is 3.